The van der Waals surface area contributed by atoms with Gasteiger partial charge in [-0.2, -0.15) is 0 Å². The van der Waals surface area contributed by atoms with E-state index < -0.39 is 5.60 Å². The predicted octanol–water partition coefficient (Wildman–Crippen LogP) is 5.43. The van der Waals surface area contributed by atoms with E-state index in [2.05, 4.69) is 0 Å². The van der Waals surface area contributed by atoms with Crippen molar-refractivity contribution in [2.45, 2.75) is 45.3 Å². The van der Waals surface area contributed by atoms with Crippen molar-refractivity contribution in [1.29, 1.82) is 0 Å². The Balaban J connectivity index is 2.01. The first-order valence-electron chi connectivity index (χ1n) is 7.44. The lowest BCUT2D eigenvalue weighted by molar-refractivity contribution is 0.0187. The van der Waals surface area contributed by atoms with Gasteiger partial charge in [0.25, 0.3) is 0 Å². The first-order valence-corrected chi connectivity index (χ1v) is 8.58. The maximum Gasteiger partial charge on any atom is 0.410 e. The zero-order chi connectivity index (χ0) is 17.2. The van der Waals surface area contributed by atoms with Crippen LogP contribution in [0.3, 0.4) is 0 Å². The largest absolute Gasteiger partial charge is 0.488 e. The molecule has 1 saturated heterocycles. The van der Waals surface area contributed by atoms with Crippen LogP contribution in [0.5, 0.6) is 5.75 Å². The zero-order valence-corrected chi connectivity index (χ0v) is 15.6. The number of benzene rings is 1. The molecular weight excluding hydrogens is 361 g/mol. The average molecular weight is 381 g/mol. The van der Waals surface area contributed by atoms with Crippen LogP contribution in [0.15, 0.2) is 12.1 Å². The van der Waals surface area contributed by atoms with Gasteiger partial charge in [-0.15, -0.1) is 0 Å². The highest BCUT2D eigenvalue weighted by Gasteiger charge is 2.32. The summed E-state index contributed by atoms with van der Waals surface area (Å²) in [7, 11) is 0. The van der Waals surface area contributed by atoms with Crippen molar-refractivity contribution in [3.63, 3.8) is 0 Å². The fourth-order valence-electron chi connectivity index (χ4n) is 2.42. The van der Waals surface area contributed by atoms with E-state index in [1.807, 2.05) is 20.8 Å². The second-order valence-electron chi connectivity index (χ2n) is 6.48. The maximum absolute atomic E-state index is 12.2. The number of nitrogens with zero attached hydrogens (tertiary/aromatic N) is 1. The van der Waals surface area contributed by atoms with Crippen molar-refractivity contribution in [2.24, 2.45) is 0 Å². The summed E-state index contributed by atoms with van der Waals surface area (Å²) in [4.78, 5) is 13.9. The minimum atomic E-state index is -0.520. The van der Waals surface area contributed by atoms with Gasteiger partial charge in [0.15, 0.2) is 5.75 Å². The molecule has 1 aliphatic heterocycles. The summed E-state index contributed by atoms with van der Waals surface area (Å²) in [5.41, 5.74) is -0.520. The molecule has 128 valence electrons. The van der Waals surface area contributed by atoms with E-state index in [-0.39, 0.29) is 12.1 Å². The summed E-state index contributed by atoms with van der Waals surface area (Å²) in [6.07, 6.45) is 1.44. The van der Waals surface area contributed by atoms with Gasteiger partial charge < -0.3 is 14.4 Å². The highest BCUT2D eigenvalue weighted by atomic mass is 35.5. The molecule has 4 nitrogen and oxygen atoms in total. The summed E-state index contributed by atoms with van der Waals surface area (Å²) < 4.78 is 11.2. The number of carbonyl (C=O) groups is 1. The van der Waals surface area contributed by atoms with Crippen molar-refractivity contribution in [2.75, 3.05) is 13.2 Å². The van der Waals surface area contributed by atoms with Gasteiger partial charge in [0.1, 0.15) is 12.2 Å². The minimum absolute atomic E-state index is 0.0624. The lowest BCUT2D eigenvalue weighted by atomic mass is 10.2. The number of rotatable bonds is 3. The van der Waals surface area contributed by atoms with Gasteiger partial charge in [-0.1, -0.05) is 34.8 Å². The van der Waals surface area contributed by atoms with E-state index in [1.54, 1.807) is 17.0 Å². The summed E-state index contributed by atoms with van der Waals surface area (Å²) >= 11 is 18.1. The van der Waals surface area contributed by atoms with E-state index >= 15 is 0 Å². The SMILES string of the molecule is CC(C)(C)OC(=O)N1CCCC1COc1c(Cl)cc(Cl)cc1Cl. The fraction of sp³-hybridized carbons (Fsp3) is 0.562. The molecule has 0 N–H and O–H groups in total. The van der Waals surface area contributed by atoms with E-state index in [0.29, 0.717) is 34.0 Å². The molecule has 7 heteroatoms. The predicted molar refractivity (Wildman–Crippen MR) is 92.9 cm³/mol. The molecule has 1 unspecified atom stereocenters. The third-order valence-electron chi connectivity index (χ3n) is 3.39. The third kappa shape index (κ3) is 5.07. The molecule has 1 aromatic carbocycles. The molecule has 0 aliphatic carbocycles. The van der Waals surface area contributed by atoms with Gasteiger partial charge in [-0.05, 0) is 45.7 Å². The van der Waals surface area contributed by atoms with Gasteiger partial charge in [0.2, 0.25) is 0 Å². The molecule has 0 bridgehead atoms. The molecule has 23 heavy (non-hydrogen) atoms. The van der Waals surface area contributed by atoms with Crippen LogP contribution >= 0.6 is 34.8 Å². The van der Waals surface area contributed by atoms with E-state index in [4.69, 9.17) is 44.3 Å². The van der Waals surface area contributed by atoms with Gasteiger partial charge in [0, 0.05) is 11.6 Å². The number of halogens is 3. The minimum Gasteiger partial charge on any atom is -0.488 e. The maximum atomic E-state index is 12.2. The quantitative estimate of drug-likeness (QED) is 0.702. The monoisotopic (exact) mass is 379 g/mol. The van der Waals surface area contributed by atoms with Crippen molar-refractivity contribution in [1.82, 2.24) is 4.90 Å². The molecule has 0 saturated carbocycles. The molecule has 0 radical (unpaired) electrons. The van der Waals surface area contributed by atoms with Crippen LogP contribution in [0.1, 0.15) is 33.6 Å². The second-order valence-corrected chi connectivity index (χ2v) is 7.73. The summed E-state index contributed by atoms with van der Waals surface area (Å²) in [6.45, 7) is 6.50. The van der Waals surface area contributed by atoms with Crippen molar-refractivity contribution in [3.8, 4) is 5.75 Å². The number of hydrogen-bond acceptors (Lipinski definition) is 3. The molecule has 1 heterocycles. The Hall–Kier alpha value is -0.840. The fourth-order valence-corrected chi connectivity index (χ4v) is 3.34. The average Bonchev–Trinajstić information content (AvgIpc) is 2.83. The molecule has 1 amide bonds. The number of hydrogen-bond donors (Lipinski definition) is 0. The van der Waals surface area contributed by atoms with E-state index in [0.717, 1.165) is 12.8 Å². The van der Waals surface area contributed by atoms with Gasteiger partial charge in [0.05, 0.1) is 16.1 Å². The molecule has 1 fully saturated rings. The second kappa shape index (κ2) is 7.37. The smallest absolute Gasteiger partial charge is 0.410 e. The molecule has 1 aromatic rings. The summed E-state index contributed by atoms with van der Waals surface area (Å²) in [5, 5.41) is 1.15. The Morgan fingerprint density at radius 2 is 1.87 bits per heavy atom. The van der Waals surface area contributed by atoms with Crippen molar-refractivity contribution >= 4 is 40.9 Å². The van der Waals surface area contributed by atoms with Crippen LogP contribution in [-0.4, -0.2) is 35.8 Å². The molecule has 0 aromatic heterocycles. The first-order chi connectivity index (χ1) is 10.7. The van der Waals surface area contributed by atoms with Crippen LogP contribution in [-0.2, 0) is 4.74 Å². The van der Waals surface area contributed by atoms with Gasteiger partial charge >= 0.3 is 6.09 Å². The number of amides is 1. The molecule has 1 aliphatic rings. The third-order valence-corrected chi connectivity index (χ3v) is 4.17. The number of likely N-dealkylation sites (tertiary alicyclic amines) is 1. The standard InChI is InChI=1S/C16H20Cl3NO3/c1-16(2,3)23-15(21)20-6-4-5-11(20)9-22-14-12(18)7-10(17)8-13(14)19/h7-8,11H,4-6,9H2,1-3H3. The lowest BCUT2D eigenvalue weighted by Gasteiger charge is -2.28. The van der Waals surface area contributed by atoms with Crippen LogP contribution in [0.2, 0.25) is 15.1 Å². The molecule has 1 atom stereocenters. The normalized spacial score (nSPS) is 18.2. The van der Waals surface area contributed by atoms with Crippen LogP contribution < -0.4 is 4.74 Å². The molecule has 2 rings (SSSR count). The van der Waals surface area contributed by atoms with E-state index in [1.165, 1.54) is 0 Å². The summed E-state index contributed by atoms with van der Waals surface area (Å²) in [5.74, 6) is 0.383. The van der Waals surface area contributed by atoms with Crippen LogP contribution in [0.4, 0.5) is 4.79 Å². The Morgan fingerprint density at radius 1 is 1.26 bits per heavy atom. The van der Waals surface area contributed by atoms with Crippen molar-refractivity contribution in [3.05, 3.63) is 27.2 Å². The topological polar surface area (TPSA) is 38.8 Å². The van der Waals surface area contributed by atoms with Gasteiger partial charge in [-0.3, -0.25) is 0 Å². The molecule has 0 spiro atoms. The highest BCUT2D eigenvalue weighted by molar-refractivity contribution is 6.40. The number of ether oxygens (including phenoxy) is 2. The van der Waals surface area contributed by atoms with E-state index in [9.17, 15) is 4.79 Å². The Kier molecular flexibility index (Phi) is 5.93. The molecular formula is C16H20Cl3NO3. The van der Waals surface area contributed by atoms with Gasteiger partial charge in [-0.25, -0.2) is 4.79 Å². The van der Waals surface area contributed by atoms with Crippen molar-refractivity contribution < 1.29 is 14.3 Å². The zero-order valence-electron chi connectivity index (χ0n) is 13.4. The lowest BCUT2D eigenvalue weighted by Crippen LogP contribution is -2.42. The first kappa shape index (κ1) is 18.5. The summed E-state index contributed by atoms with van der Waals surface area (Å²) in [6, 6.07) is 3.09. The number of carbonyl (C=O) groups excluding carboxylic acids is 1. The van der Waals surface area contributed by atoms with Crippen LogP contribution in [0, 0.1) is 0 Å². The van der Waals surface area contributed by atoms with Crippen LogP contribution in [0.25, 0.3) is 0 Å². The Morgan fingerprint density at radius 3 is 2.43 bits per heavy atom. The Bertz CT molecular complexity index is 563. The Labute approximate surface area is 151 Å². The highest BCUT2D eigenvalue weighted by Crippen LogP contribution is 2.36.